The first-order chi connectivity index (χ1) is 6.67. The number of aliphatic hydroxyl groups is 2. The monoisotopic (exact) mass is 260 g/mol. The molecule has 0 aromatic heterocycles. The first kappa shape index (κ1) is 11.5. The molecule has 0 radical (unpaired) electrons. The van der Waals surface area contributed by atoms with Crippen molar-refractivity contribution in [2.45, 2.75) is 12.5 Å². The minimum absolute atomic E-state index is 0.0318. The van der Waals surface area contributed by atoms with Gasteiger partial charge in [0.2, 0.25) is 0 Å². The van der Waals surface area contributed by atoms with Crippen LogP contribution in [0.15, 0.2) is 22.7 Å². The highest BCUT2D eigenvalue weighted by atomic mass is 79.9. The van der Waals surface area contributed by atoms with E-state index >= 15 is 0 Å². The molecule has 0 fully saturated rings. The molecule has 0 bridgehead atoms. The van der Waals surface area contributed by atoms with E-state index in [0.29, 0.717) is 12.2 Å². The van der Waals surface area contributed by atoms with Gasteiger partial charge in [0.1, 0.15) is 5.75 Å². The summed E-state index contributed by atoms with van der Waals surface area (Å²) >= 11 is 3.32. The van der Waals surface area contributed by atoms with Crippen molar-refractivity contribution in [3.05, 3.63) is 28.2 Å². The number of rotatable bonds is 4. The average molecular weight is 261 g/mol. The van der Waals surface area contributed by atoms with Crippen LogP contribution in [0.5, 0.6) is 5.75 Å². The van der Waals surface area contributed by atoms with Gasteiger partial charge in [-0.1, -0.05) is 15.9 Å². The fourth-order valence-corrected chi connectivity index (χ4v) is 1.67. The van der Waals surface area contributed by atoms with Gasteiger partial charge in [0, 0.05) is 17.5 Å². The first-order valence-corrected chi connectivity index (χ1v) is 5.10. The fourth-order valence-electron chi connectivity index (χ4n) is 1.18. The second kappa shape index (κ2) is 5.34. The Hall–Kier alpha value is -0.580. The maximum Gasteiger partial charge on any atom is 0.120 e. The summed E-state index contributed by atoms with van der Waals surface area (Å²) in [6, 6.07) is 5.38. The highest BCUT2D eigenvalue weighted by molar-refractivity contribution is 9.10. The topological polar surface area (TPSA) is 49.7 Å². The summed E-state index contributed by atoms with van der Waals surface area (Å²) in [6.45, 7) is -0.0318. The zero-order valence-electron chi connectivity index (χ0n) is 7.90. The zero-order chi connectivity index (χ0) is 10.6. The Balaban J connectivity index is 2.90. The second-order valence-electron chi connectivity index (χ2n) is 2.95. The Morgan fingerprint density at radius 2 is 2.14 bits per heavy atom. The maximum atomic E-state index is 9.63. The Bertz CT molecular complexity index is 301. The van der Waals surface area contributed by atoms with Crippen LogP contribution < -0.4 is 4.74 Å². The number of ether oxygens (including phenoxy) is 1. The zero-order valence-corrected chi connectivity index (χ0v) is 9.49. The van der Waals surface area contributed by atoms with Crippen molar-refractivity contribution in [1.29, 1.82) is 0 Å². The number of hydrogen-bond donors (Lipinski definition) is 2. The first-order valence-electron chi connectivity index (χ1n) is 4.30. The third-order valence-corrected chi connectivity index (χ3v) is 2.37. The van der Waals surface area contributed by atoms with E-state index < -0.39 is 6.10 Å². The van der Waals surface area contributed by atoms with Crippen LogP contribution in [-0.2, 0) is 0 Å². The van der Waals surface area contributed by atoms with Gasteiger partial charge in [-0.05, 0) is 23.8 Å². The summed E-state index contributed by atoms with van der Waals surface area (Å²) in [5, 5.41) is 18.3. The maximum absolute atomic E-state index is 9.63. The van der Waals surface area contributed by atoms with E-state index in [0.717, 1.165) is 10.0 Å². The van der Waals surface area contributed by atoms with Gasteiger partial charge >= 0.3 is 0 Å². The third-order valence-electron chi connectivity index (χ3n) is 1.92. The molecule has 3 nitrogen and oxygen atoms in total. The van der Waals surface area contributed by atoms with E-state index in [9.17, 15) is 5.11 Å². The van der Waals surface area contributed by atoms with Crippen LogP contribution in [0.1, 0.15) is 18.1 Å². The van der Waals surface area contributed by atoms with Crippen LogP contribution in [0.2, 0.25) is 0 Å². The molecule has 78 valence electrons. The molecule has 1 atom stereocenters. The molecule has 0 amide bonds. The third kappa shape index (κ3) is 2.97. The molecule has 0 saturated heterocycles. The van der Waals surface area contributed by atoms with Gasteiger partial charge in [0.15, 0.2) is 0 Å². The molecule has 1 rings (SSSR count). The molecule has 1 aromatic carbocycles. The molecular weight excluding hydrogens is 248 g/mol. The van der Waals surface area contributed by atoms with Gasteiger partial charge in [0.25, 0.3) is 0 Å². The Morgan fingerprint density at radius 3 is 2.71 bits per heavy atom. The number of aliphatic hydroxyl groups excluding tert-OH is 2. The summed E-state index contributed by atoms with van der Waals surface area (Å²) < 4.78 is 5.91. The Labute approximate surface area is 91.5 Å². The van der Waals surface area contributed by atoms with Crippen LogP contribution in [0.3, 0.4) is 0 Å². The van der Waals surface area contributed by atoms with Gasteiger partial charge in [-0.2, -0.15) is 0 Å². The number of halogens is 1. The molecule has 14 heavy (non-hydrogen) atoms. The molecule has 0 spiro atoms. The summed E-state index contributed by atoms with van der Waals surface area (Å²) in [6.07, 6.45) is -0.314. The van der Waals surface area contributed by atoms with Crippen LogP contribution in [0.25, 0.3) is 0 Å². The largest absolute Gasteiger partial charge is 0.497 e. The standard InChI is InChI=1S/C10H13BrO3/c1-14-9-5-7(4-8(11)6-9)10(13)2-3-12/h4-6,10,12-13H,2-3H2,1H3. The summed E-state index contributed by atoms with van der Waals surface area (Å²) in [5.74, 6) is 0.686. The lowest BCUT2D eigenvalue weighted by Gasteiger charge is -2.11. The van der Waals surface area contributed by atoms with Crippen molar-refractivity contribution in [3.8, 4) is 5.75 Å². The summed E-state index contributed by atoms with van der Waals surface area (Å²) in [5.41, 5.74) is 0.741. The van der Waals surface area contributed by atoms with Gasteiger partial charge in [0.05, 0.1) is 13.2 Å². The molecule has 0 heterocycles. The lowest BCUT2D eigenvalue weighted by atomic mass is 10.1. The molecule has 1 aromatic rings. The Kier molecular flexibility index (Phi) is 4.38. The van der Waals surface area contributed by atoms with E-state index in [1.165, 1.54) is 0 Å². The molecule has 0 aliphatic heterocycles. The molecule has 0 saturated carbocycles. The van der Waals surface area contributed by atoms with Crippen molar-refractivity contribution < 1.29 is 14.9 Å². The predicted octanol–water partition coefficient (Wildman–Crippen LogP) is 1.87. The molecule has 0 aliphatic rings. The molecular formula is C10H13BrO3. The van der Waals surface area contributed by atoms with E-state index in [1.54, 1.807) is 13.2 Å². The SMILES string of the molecule is COc1cc(Br)cc(C(O)CCO)c1. The quantitative estimate of drug-likeness (QED) is 0.869. The van der Waals surface area contributed by atoms with Crippen molar-refractivity contribution in [2.75, 3.05) is 13.7 Å². The molecule has 2 N–H and O–H groups in total. The normalized spacial score (nSPS) is 12.6. The van der Waals surface area contributed by atoms with Gasteiger partial charge in [-0.15, -0.1) is 0 Å². The summed E-state index contributed by atoms with van der Waals surface area (Å²) in [7, 11) is 1.57. The second-order valence-corrected chi connectivity index (χ2v) is 3.87. The van der Waals surface area contributed by atoms with Crippen molar-refractivity contribution in [3.63, 3.8) is 0 Å². The van der Waals surface area contributed by atoms with E-state index in [4.69, 9.17) is 9.84 Å². The molecule has 4 heteroatoms. The molecule has 0 aliphatic carbocycles. The Morgan fingerprint density at radius 1 is 1.43 bits per heavy atom. The highest BCUT2D eigenvalue weighted by Crippen LogP contribution is 2.26. The highest BCUT2D eigenvalue weighted by Gasteiger charge is 2.08. The average Bonchev–Trinajstić information content (AvgIpc) is 2.17. The fraction of sp³-hybridized carbons (Fsp3) is 0.400. The minimum Gasteiger partial charge on any atom is -0.497 e. The van der Waals surface area contributed by atoms with E-state index in [-0.39, 0.29) is 6.61 Å². The van der Waals surface area contributed by atoms with Gasteiger partial charge in [-0.25, -0.2) is 0 Å². The van der Waals surface area contributed by atoms with Crippen LogP contribution in [0, 0.1) is 0 Å². The van der Waals surface area contributed by atoms with Crippen molar-refractivity contribution in [1.82, 2.24) is 0 Å². The van der Waals surface area contributed by atoms with Gasteiger partial charge in [-0.3, -0.25) is 0 Å². The number of benzene rings is 1. The number of methoxy groups -OCH3 is 1. The van der Waals surface area contributed by atoms with Gasteiger partial charge < -0.3 is 14.9 Å². The van der Waals surface area contributed by atoms with Crippen LogP contribution in [0.4, 0.5) is 0 Å². The minimum atomic E-state index is -0.647. The van der Waals surface area contributed by atoms with Crippen molar-refractivity contribution >= 4 is 15.9 Å². The predicted molar refractivity (Wildman–Crippen MR) is 57.4 cm³/mol. The molecule has 1 unspecified atom stereocenters. The lowest BCUT2D eigenvalue weighted by molar-refractivity contribution is 0.134. The lowest BCUT2D eigenvalue weighted by Crippen LogP contribution is -2.00. The number of hydrogen-bond acceptors (Lipinski definition) is 3. The van der Waals surface area contributed by atoms with Crippen LogP contribution >= 0.6 is 15.9 Å². The van der Waals surface area contributed by atoms with E-state index in [2.05, 4.69) is 15.9 Å². The summed E-state index contributed by atoms with van der Waals surface area (Å²) in [4.78, 5) is 0. The van der Waals surface area contributed by atoms with E-state index in [1.807, 2.05) is 12.1 Å². The van der Waals surface area contributed by atoms with Crippen molar-refractivity contribution in [2.24, 2.45) is 0 Å². The smallest absolute Gasteiger partial charge is 0.120 e. The van der Waals surface area contributed by atoms with Crippen LogP contribution in [-0.4, -0.2) is 23.9 Å².